The second kappa shape index (κ2) is 3.65. The predicted octanol–water partition coefficient (Wildman–Crippen LogP) is 1.40. The summed E-state index contributed by atoms with van der Waals surface area (Å²) < 4.78 is 0. The topological polar surface area (TPSA) is 15.3 Å². The van der Waals surface area contributed by atoms with Crippen molar-refractivity contribution in [3.8, 4) is 0 Å². The van der Waals surface area contributed by atoms with Gasteiger partial charge in [0.2, 0.25) is 0 Å². The van der Waals surface area contributed by atoms with E-state index in [-0.39, 0.29) is 0 Å². The standard InChI is InChI=1S/C11H16N2S/c1-2-14-8-9(1)5-13-6-10-3-12-4-11(10)7-13/h1-2,8,10-12H,3-7H2. The van der Waals surface area contributed by atoms with Crippen LogP contribution < -0.4 is 5.32 Å². The van der Waals surface area contributed by atoms with Crippen LogP contribution in [0.25, 0.3) is 0 Å². The minimum Gasteiger partial charge on any atom is -0.316 e. The monoisotopic (exact) mass is 208 g/mol. The molecule has 0 bridgehead atoms. The summed E-state index contributed by atoms with van der Waals surface area (Å²) in [5.41, 5.74) is 1.49. The van der Waals surface area contributed by atoms with E-state index in [2.05, 4.69) is 27.0 Å². The number of nitrogens with one attached hydrogen (secondary N) is 1. The number of nitrogens with zero attached hydrogens (tertiary/aromatic N) is 1. The van der Waals surface area contributed by atoms with Gasteiger partial charge in [-0.2, -0.15) is 11.3 Å². The highest BCUT2D eigenvalue weighted by molar-refractivity contribution is 7.07. The van der Waals surface area contributed by atoms with Crippen molar-refractivity contribution in [3.63, 3.8) is 0 Å². The molecular weight excluding hydrogens is 192 g/mol. The molecule has 3 heteroatoms. The molecule has 1 N–H and O–H groups in total. The summed E-state index contributed by atoms with van der Waals surface area (Å²) in [4.78, 5) is 2.61. The Morgan fingerprint density at radius 1 is 1.36 bits per heavy atom. The van der Waals surface area contributed by atoms with Crippen LogP contribution >= 0.6 is 11.3 Å². The maximum atomic E-state index is 3.48. The molecule has 0 spiro atoms. The number of fused-ring (bicyclic) bond motifs is 1. The first-order valence-corrected chi connectivity index (χ1v) is 6.30. The lowest BCUT2D eigenvalue weighted by molar-refractivity contribution is 0.306. The van der Waals surface area contributed by atoms with Crippen LogP contribution in [0, 0.1) is 11.8 Å². The van der Waals surface area contributed by atoms with Crippen LogP contribution in [0.15, 0.2) is 16.8 Å². The van der Waals surface area contributed by atoms with Gasteiger partial charge in [-0.3, -0.25) is 4.90 Å². The van der Waals surface area contributed by atoms with Gasteiger partial charge in [0.25, 0.3) is 0 Å². The van der Waals surface area contributed by atoms with Crippen molar-refractivity contribution in [1.29, 1.82) is 0 Å². The fourth-order valence-electron chi connectivity index (χ4n) is 2.72. The Morgan fingerprint density at radius 3 is 2.79 bits per heavy atom. The highest BCUT2D eigenvalue weighted by atomic mass is 32.1. The number of rotatable bonds is 2. The van der Waals surface area contributed by atoms with Crippen LogP contribution in [0.3, 0.4) is 0 Å². The molecule has 2 saturated heterocycles. The van der Waals surface area contributed by atoms with Crippen molar-refractivity contribution in [2.75, 3.05) is 26.2 Å². The van der Waals surface area contributed by atoms with Gasteiger partial charge in [-0.25, -0.2) is 0 Å². The molecule has 0 aliphatic carbocycles. The lowest BCUT2D eigenvalue weighted by Crippen LogP contribution is -2.25. The van der Waals surface area contributed by atoms with Crippen molar-refractivity contribution >= 4 is 11.3 Å². The summed E-state index contributed by atoms with van der Waals surface area (Å²) in [6.07, 6.45) is 0. The van der Waals surface area contributed by atoms with E-state index in [1.54, 1.807) is 11.3 Å². The lowest BCUT2D eigenvalue weighted by Gasteiger charge is -2.15. The van der Waals surface area contributed by atoms with Crippen LogP contribution in [0.5, 0.6) is 0 Å². The summed E-state index contributed by atoms with van der Waals surface area (Å²) in [5.74, 6) is 1.85. The summed E-state index contributed by atoms with van der Waals surface area (Å²) in [5, 5.41) is 7.92. The molecule has 2 aliphatic rings. The Hall–Kier alpha value is -0.380. The quantitative estimate of drug-likeness (QED) is 0.790. The Bertz CT molecular complexity index is 284. The van der Waals surface area contributed by atoms with Crippen molar-refractivity contribution in [2.24, 2.45) is 11.8 Å². The normalized spacial score (nSPS) is 32.3. The van der Waals surface area contributed by atoms with E-state index >= 15 is 0 Å². The highest BCUT2D eigenvalue weighted by Crippen LogP contribution is 2.27. The van der Waals surface area contributed by atoms with Crippen molar-refractivity contribution in [1.82, 2.24) is 10.2 Å². The molecule has 3 rings (SSSR count). The fourth-order valence-corrected chi connectivity index (χ4v) is 3.38. The van der Waals surface area contributed by atoms with Gasteiger partial charge in [-0.05, 0) is 47.3 Å². The molecule has 1 aromatic rings. The molecule has 2 nitrogen and oxygen atoms in total. The molecule has 1 aromatic heterocycles. The first-order chi connectivity index (χ1) is 6.92. The van der Waals surface area contributed by atoms with Crippen LogP contribution in [0.1, 0.15) is 5.56 Å². The van der Waals surface area contributed by atoms with Crippen LogP contribution in [0.2, 0.25) is 0 Å². The Balaban J connectivity index is 1.61. The second-order valence-corrected chi connectivity index (χ2v) is 5.28. The Morgan fingerprint density at radius 2 is 2.14 bits per heavy atom. The second-order valence-electron chi connectivity index (χ2n) is 4.50. The molecular formula is C11H16N2S. The van der Waals surface area contributed by atoms with Gasteiger partial charge in [-0.1, -0.05) is 0 Å². The molecule has 0 saturated carbocycles. The summed E-state index contributed by atoms with van der Waals surface area (Å²) in [6.45, 7) is 6.24. The van der Waals surface area contributed by atoms with Crippen molar-refractivity contribution < 1.29 is 0 Å². The van der Waals surface area contributed by atoms with E-state index in [0.717, 1.165) is 18.4 Å². The number of hydrogen-bond donors (Lipinski definition) is 1. The first kappa shape index (κ1) is 8.89. The third-order valence-corrected chi connectivity index (χ3v) is 4.18. The van der Waals surface area contributed by atoms with Gasteiger partial charge >= 0.3 is 0 Å². The van der Waals surface area contributed by atoms with E-state index in [4.69, 9.17) is 0 Å². The van der Waals surface area contributed by atoms with Crippen LogP contribution in [-0.4, -0.2) is 31.1 Å². The van der Waals surface area contributed by atoms with Gasteiger partial charge in [0, 0.05) is 19.6 Å². The zero-order valence-electron chi connectivity index (χ0n) is 8.28. The van der Waals surface area contributed by atoms with E-state index in [9.17, 15) is 0 Å². The van der Waals surface area contributed by atoms with Crippen molar-refractivity contribution in [3.05, 3.63) is 22.4 Å². The molecule has 0 amide bonds. The molecule has 76 valence electrons. The first-order valence-electron chi connectivity index (χ1n) is 5.36. The van der Waals surface area contributed by atoms with Crippen LogP contribution in [-0.2, 0) is 6.54 Å². The van der Waals surface area contributed by atoms with E-state index in [1.165, 1.54) is 31.7 Å². The maximum Gasteiger partial charge on any atom is 0.0242 e. The average Bonchev–Trinajstić information content (AvgIpc) is 2.78. The number of likely N-dealkylation sites (tertiary alicyclic amines) is 1. The summed E-state index contributed by atoms with van der Waals surface area (Å²) in [6, 6.07) is 2.25. The van der Waals surface area contributed by atoms with E-state index in [1.807, 2.05) is 0 Å². The zero-order valence-corrected chi connectivity index (χ0v) is 9.09. The molecule has 0 radical (unpaired) electrons. The molecule has 0 aromatic carbocycles. The minimum atomic E-state index is 0.925. The van der Waals surface area contributed by atoms with Crippen molar-refractivity contribution in [2.45, 2.75) is 6.54 Å². The molecule has 2 unspecified atom stereocenters. The zero-order chi connectivity index (χ0) is 9.38. The summed E-state index contributed by atoms with van der Waals surface area (Å²) in [7, 11) is 0. The van der Waals surface area contributed by atoms with Gasteiger partial charge in [0.15, 0.2) is 0 Å². The Kier molecular flexibility index (Phi) is 2.32. The van der Waals surface area contributed by atoms with E-state index < -0.39 is 0 Å². The molecule has 2 fully saturated rings. The maximum absolute atomic E-state index is 3.48. The average molecular weight is 208 g/mol. The van der Waals surface area contributed by atoms with Crippen LogP contribution in [0.4, 0.5) is 0 Å². The van der Waals surface area contributed by atoms with Gasteiger partial charge in [-0.15, -0.1) is 0 Å². The Labute approximate surface area is 88.9 Å². The van der Waals surface area contributed by atoms with Gasteiger partial charge < -0.3 is 5.32 Å². The van der Waals surface area contributed by atoms with E-state index in [0.29, 0.717) is 0 Å². The largest absolute Gasteiger partial charge is 0.316 e. The molecule has 2 atom stereocenters. The highest BCUT2D eigenvalue weighted by Gasteiger charge is 2.35. The fraction of sp³-hybridized carbons (Fsp3) is 0.636. The molecule has 14 heavy (non-hydrogen) atoms. The third kappa shape index (κ3) is 1.60. The van der Waals surface area contributed by atoms with Gasteiger partial charge in [0.1, 0.15) is 0 Å². The lowest BCUT2D eigenvalue weighted by atomic mass is 10.0. The number of thiophene rings is 1. The SMILES string of the molecule is c1cc(CN2CC3CNCC3C2)cs1. The number of hydrogen-bond acceptors (Lipinski definition) is 3. The molecule has 2 aliphatic heterocycles. The molecule has 3 heterocycles. The smallest absolute Gasteiger partial charge is 0.0242 e. The van der Waals surface area contributed by atoms with Gasteiger partial charge in [0.05, 0.1) is 0 Å². The summed E-state index contributed by atoms with van der Waals surface area (Å²) >= 11 is 1.81. The minimum absolute atomic E-state index is 0.925. The predicted molar refractivity (Wildman–Crippen MR) is 59.4 cm³/mol. The third-order valence-electron chi connectivity index (χ3n) is 3.45.